The molecular weight excluding hydrogens is 340 g/mol. The highest BCUT2D eigenvalue weighted by molar-refractivity contribution is 9.10. The second-order valence-electron chi connectivity index (χ2n) is 4.97. The predicted octanol–water partition coefficient (Wildman–Crippen LogP) is 5.02. The fourth-order valence-electron chi connectivity index (χ4n) is 1.73. The van der Waals surface area contributed by atoms with Gasteiger partial charge in [-0.15, -0.1) is 0 Å². The maximum Gasteiger partial charge on any atom is 0.165 e. The van der Waals surface area contributed by atoms with Crippen LogP contribution < -0.4 is 10.1 Å². The lowest BCUT2D eigenvalue weighted by Crippen LogP contribution is -2.21. The zero-order chi connectivity index (χ0) is 15.4. The molecule has 2 rings (SSSR count). The molecule has 0 saturated heterocycles. The lowest BCUT2D eigenvalue weighted by atomic mass is 10.2. The minimum atomic E-state index is -0.599. The molecule has 0 heterocycles. The summed E-state index contributed by atoms with van der Waals surface area (Å²) in [4.78, 5) is 0. The number of hydrogen-bond donors (Lipinski definition) is 1. The van der Waals surface area contributed by atoms with E-state index >= 15 is 0 Å². The molecule has 0 spiro atoms. The largest absolute Gasteiger partial charge is 0.454 e. The summed E-state index contributed by atoms with van der Waals surface area (Å²) >= 11 is 3.46. The molecule has 112 valence electrons. The number of nitrogens with one attached hydrogen (secondary N) is 1. The molecular formula is C16H16BrF2NO. The minimum absolute atomic E-state index is 0.130. The summed E-state index contributed by atoms with van der Waals surface area (Å²) < 4.78 is 32.9. The van der Waals surface area contributed by atoms with Gasteiger partial charge in [0.25, 0.3) is 0 Å². The van der Waals surface area contributed by atoms with Crippen molar-refractivity contribution in [1.29, 1.82) is 0 Å². The highest BCUT2D eigenvalue weighted by atomic mass is 79.9. The third-order valence-electron chi connectivity index (χ3n) is 2.85. The van der Waals surface area contributed by atoms with Gasteiger partial charge in [0.15, 0.2) is 11.6 Å². The first kappa shape index (κ1) is 15.9. The molecule has 0 aliphatic carbocycles. The molecule has 0 bridgehead atoms. The van der Waals surface area contributed by atoms with Crippen molar-refractivity contribution in [2.45, 2.75) is 26.4 Å². The molecule has 0 aliphatic heterocycles. The van der Waals surface area contributed by atoms with Gasteiger partial charge >= 0.3 is 0 Å². The van der Waals surface area contributed by atoms with E-state index in [-0.39, 0.29) is 5.75 Å². The fraction of sp³-hybridized carbons (Fsp3) is 0.250. The number of ether oxygens (including phenoxy) is 1. The molecule has 0 aromatic heterocycles. The molecule has 0 fully saturated rings. The average Bonchev–Trinajstić information content (AvgIpc) is 2.42. The van der Waals surface area contributed by atoms with Crippen LogP contribution in [0.15, 0.2) is 40.9 Å². The summed E-state index contributed by atoms with van der Waals surface area (Å²) in [5.74, 6) is -0.823. The smallest absolute Gasteiger partial charge is 0.165 e. The number of halogens is 3. The Morgan fingerprint density at radius 1 is 1.14 bits per heavy atom. The van der Waals surface area contributed by atoms with Gasteiger partial charge in [-0.25, -0.2) is 8.78 Å². The lowest BCUT2D eigenvalue weighted by Gasteiger charge is -2.12. The van der Waals surface area contributed by atoms with Crippen LogP contribution in [0.3, 0.4) is 0 Å². The zero-order valence-electron chi connectivity index (χ0n) is 11.8. The lowest BCUT2D eigenvalue weighted by molar-refractivity contribution is 0.436. The average molecular weight is 356 g/mol. The summed E-state index contributed by atoms with van der Waals surface area (Å²) in [5, 5.41) is 3.31. The van der Waals surface area contributed by atoms with Gasteiger partial charge in [-0.1, -0.05) is 35.8 Å². The van der Waals surface area contributed by atoms with Crippen molar-refractivity contribution in [1.82, 2.24) is 5.32 Å². The molecule has 2 nitrogen and oxygen atoms in total. The van der Waals surface area contributed by atoms with Crippen molar-refractivity contribution in [3.05, 3.63) is 58.1 Å². The molecule has 0 amide bonds. The Labute approximate surface area is 131 Å². The standard InChI is InChI=1S/C16H16BrF2NO/c1-10(2)20-9-11-3-5-13(8-14(11)17)21-16-7-12(18)4-6-15(16)19/h3-8,10,20H,9H2,1-2H3. The first-order valence-corrected chi connectivity index (χ1v) is 7.39. The van der Waals surface area contributed by atoms with Gasteiger partial charge in [-0.3, -0.25) is 0 Å². The van der Waals surface area contributed by atoms with Crippen molar-refractivity contribution < 1.29 is 13.5 Å². The molecule has 21 heavy (non-hydrogen) atoms. The Morgan fingerprint density at radius 3 is 2.57 bits per heavy atom. The zero-order valence-corrected chi connectivity index (χ0v) is 13.4. The van der Waals surface area contributed by atoms with E-state index in [1.165, 1.54) is 0 Å². The van der Waals surface area contributed by atoms with Crippen molar-refractivity contribution in [3.63, 3.8) is 0 Å². The predicted molar refractivity (Wildman–Crippen MR) is 82.5 cm³/mol. The van der Waals surface area contributed by atoms with E-state index in [9.17, 15) is 8.78 Å². The van der Waals surface area contributed by atoms with Crippen LogP contribution in [-0.2, 0) is 6.54 Å². The summed E-state index contributed by atoms with van der Waals surface area (Å²) in [5.41, 5.74) is 1.07. The van der Waals surface area contributed by atoms with Crippen molar-refractivity contribution >= 4 is 15.9 Å². The highest BCUT2D eigenvalue weighted by Gasteiger charge is 2.08. The molecule has 2 aromatic rings. The molecule has 0 unspecified atom stereocenters. The van der Waals surface area contributed by atoms with Crippen LogP contribution in [0, 0.1) is 11.6 Å². The molecule has 0 saturated carbocycles. The van der Waals surface area contributed by atoms with Crippen LogP contribution in [0.1, 0.15) is 19.4 Å². The molecule has 1 N–H and O–H groups in total. The maximum absolute atomic E-state index is 13.5. The van der Waals surface area contributed by atoms with Crippen molar-refractivity contribution in [3.8, 4) is 11.5 Å². The van der Waals surface area contributed by atoms with Crippen molar-refractivity contribution in [2.24, 2.45) is 0 Å². The number of benzene rings is 2. The van der Waals surface area contributed by atoms with Crippen LogP contribution in [0.4, 0.5) is 8.78 Å². The SMILES string of the molecule is CC(C)NCc1ccc(Oc2cc(F)ccc2F)cc1Br. The van der Waals surface area contributed by atoms with Crippen LogP contribution >= 0.6 is 15.9 Å². The van der Waals surface area contributed by atoms with Gasteiger partial charge in [0.2, 0.25) is 0 Å². The first-order valence-electron chi connectivity index (χ1n) is 6.60. The van der Waals surface area contributed by atoms with E-state index in [1.54, 1.807) is 12.1 Å². The molecule has 5 heteroatoms. The quantitative estimate of drug-likeness (QED) is 0.813. The van der Waals surface area contributed by atoms with Gasteiger partial charge in [-0.2, -0.15) is 0 Å². The second-order valence-corrected chi connectivity index (χ2v) is 5.82. The molecule has 2 aromatic carbocycles. The normalized spacial score (nSPS) is 11.0. The van der Waals surface area contributed by atoms with E-state index in [0.717, 1.165) is 28.2 Å². The fourth-order valence-corrected chi connectivity index (χ4v) is 2.23. The maximum atomic E-state index is 13.5. The Kier molecular flexibility index (Phi) is 5.31. The van der Waals surface area contributed by atoms with Gasteiger partial charge in [0.05, 0.1) is 0 Å². The Bertz CT molecular complexity index is 632. The van der Waals surface area contributed by atoms with Crippen molar-refractivity contribution in [2.75, 3.05) is 0 Å². The Hall–Kier alpha value is -1.46. The third kappa shape index (κ3) is 4.51. The highest BCUT2D eigenvalue weighted by Crippen LogP contribution is 2.29. The van der Waals surface area contributed by atoms with Gasteiger partial charge in [0.1, 0.15) is 11.6 Å². The first-order chi connectivity index (χ1) is 9.95. The van der Waals surface area contributed by atoms with E-state index in [0.29, 0.717) is 18.3 Å². The number of rotatable bonds is 5. The Balaban J connectivity index is 2.14. The van der Waals surface area contributed by atoms with E-state index in [2.05, 4.69) is 35.1 Å². The summed E-state index contributed by atoms with van der Waals surface area (Å²) in [7, 11) is 0. The van der Waals surface area contributed by atoms with Gasteiger partial charge < -0.3 is 10.1 Å². The topological polar surface area (TPSA) is 21.3 Å². The van der Waals surface area contributed by atoms with Gasteiger partial charge in [0, 0.05) is 23.1 Å². The van der Waals surface area contributed by atoms with Crippen LogP contribution in [0.25, 0.3) is 0 Å². The molecule has 0 radical (unpaired) electrons. The molecule has 0 aliphatic rings. The summed E-state index contributed by atoms with van der Waals surface area (Å²) in [6.45, 7) is 4.85. The van der Waals surface area contributed by atoms with E-state index in [1.807, 2.05) is 6.07 Å². The van der Waals surface area contributed by atoms with E-state index in [4.69, 9.17) is 4.74 Å². The summed E-state index contributed by atoms with van der Waals surface area (Å²) in [6.07, 6.45) is 0. The minimum Gasteiger partial charge on any atom is -0.454 e. The molecule has 0 atom stereocenters. The van der Waals surface area contributed by atoms with Gasteiger partial charge in [-0.05, 0) is 29.8 Å². The van der Waals surface area contributed by atoms with Crippen LogP contribution in [0.5, 0.6) is 11.5 Å². The van der Waals surface area contributed by atoms with Crippen LogP contribution in [0.2, 0.25) is 0 Å². The third-order valence-corrected chi connectivity index (χ3v) is 3.58. The second kappa shape index (κ2) is 7.00. The Morgan fingerprint density at radius 2 is 1.90 bits per heavy atom. The number of hydrogen-bond acceptors (Lipinski definition) is 2. The monoisotopic (exact) mass is 355 g/mol. The van der Waals surface area contributed by atoms with Crippen LogP contribution in [-0.4, -0.2) is 6.04 Å². The summed E-state index contributed by atoms with van der Waals surface area (Å²) in [6, 6.07) is 8.85. The van der Waals surface area contributed by atoms with E-state index < -0.39 is 11.6 Å².